The van der Waals surface area contributed by atoms with Crippen LogP contribution in [0, 0.1) is 0 Å². The van der Waals surface area contributed by atoms with Crippen LogP contribution in [0.1, 0.15) is 11.7 Å². The molecule has 1 aromatic rings. The Hall–Kier alpha value is -0.590. The number of sulfone groups is 1. The van der Waals surface area contributed by atoms with Crippen LogP contribution >= 0.6 is 15.9 Å². The molecule has 0 radical (unpaired) electrons. The van der Waals surface area contributed by atoms with Gasteiger partial charge in [-0.15, -0.1) is 0 Å². The third-order valence-corrected chi connectivity index (χ3v) is 5.52. The van der Waals surface area contributed by atoms with Crippen LogP contribution in [-0.4, -0.2) is 23.9 Å². The van der Waals surface area contributed by atoms with E-state index in [1.54, 1.807) is 24.3 Å². The maximum Gasteiger partial charge on any atom is 0.163 e. The van der Waals surface area contributed by atoms with Gasteiger partial charge in [0.05, 0.1) is 0 Å². The van der Waals surface area contributed by atoms with Crippen LogP contribution in [0.2, 0.25) is 0 Å². The lowest BCUT2D eigenvalue weighted by Crippen LogP contribution is -2.21. The summed E-state index contributed by atoms with van der Waals surface area (Å²) in [5.74, 6) is 0. The van der Waals surface area contributed by atoms with Gasteiger partial charge < -0.3 is 10.8 Å². The van der Waals surface area contributed by atoms with E-state index in [1.807, 2.05) is 0 Å². The van der Waals surface area contributed by atoms with Gasteiger partial charge >= 0.3 is 0 Å². The van der Waals surface area contributed by atoms with Gasteiger partial charge in [0.25, 0.3) is 0 Å². The maximum atomic E-state index is 11.2. The predicted molar refractivity (Wildman–Crippen MR) is 63.4 cm³/mol. The van der Waals surface area contributed by atoms with Gasteiger partial charge in [0.15, 0.2) is 9.84 Å². The molecule has 0 amide bonds. The summed E-state index contributed by atoms with van der Waals surface area (Å²) in [7, 11) is -3.34. The van der Waals surface area contributed by atoms with E-state index in [1.165, 1.54) is 0 Å². The normalized spacial score (nSPS) is 15.9. The largest absolute Gasteiger partial charge is 0.399 e. The van der Waals surface area contributed by atoms with Crippen molar-refractivity contribution < 1.29 is 13.5 Å². The zero-order valence-corrected chi connectivity index (χ0v) is 10.5. The maximum absolute atomic E-state index is 11.2. The van der Waals surface area contributed by atoms with Crippen molar-refractivity contribution in [2.75, 3.05) is 12.0 Å². The number of rotatable bonds is 3. The van der Waals surface area contributed by atoms with Gasteiger partial charge in [-0.3, -0.25) is 0 Å². The lowest BCUT2D eigenvalue weighted by molar-refractivity contribution is 0.195. The number of hydrogen-bond acceptors (Lipinski definition) is 4. The smallest absolute Gasteiger partial charge is 0.163 e. The minimum atomic E-state index is -3.34. The van der Waals surface area contributed by atoms with Gasteiger partial charge in [0, 0.05) is 11.9 Å². The number of aliphatic hydroxyl groups excluding tert-OH is 1. The SMILES string of the molecule is CS(=O)(=O)[C@@H](Br)[C@@H](O)c1cccc(N)c1. The molecule has 0 bridgehead atoms. The van der Waals surface area contributed by atoms with Gasteiger partial charge in [-0.25, -0.2) is 8.42 Å². The van der Waals surface area contributed by atoms with Crippen LogP contribution in [0.25, 0.3) is 0 Å². The monoisotopic (exact) mass is 293 g/mol. The first-order valence-electron chi connectivity index (χ1n) is 4.19. The van der Waals surface area contributed by atoms with Gasteiger partial charge in [-0.2, -0.15) is 0 Å². The molecule has 6 heteroatoms. The highest BCUT2D eigenvalue weighted by atomic mass is 79.9. The van der Waals surface area contributed by atoms with Crippen LogP contribution in [0.5, 0.6) is 0 Å². The van der Waals surface area contributed by atoms with Crippen molar-refractivity contribution in [3.8, 4) is 0 Å². The van der Waals surface area contributed by atoms with E-state index in [0.29, 0.717) is 11.3 Å². The standard InChI is InChI=1S/C9H12BrNO3S/c1-15(13,14)9(10)8(12)6-3-2-4-7(11)5-6/h2-5,8-9,12H,11H2,1H3/t8-,9+/m0/s1. The van der Waals surface area contributed by atoms with Crippen LogP contribution in [0.4, 0.5) is 5.69 Å². The Labute approximate surface area is 97.2 Å². The molecule has 0 saturated heterocycles. The van der Waals surface area contributed by atoms with Gasteiger partial charge in [-0.1, -0.05) is 28.1 Å². The number of benzene rings is 1. The quantitative estimate of drug-likeness (QED) is 0.645. The zero-order chi connectivity index (χ0) is 11.6. The summed E-state index contributed by atoms with van der Waals surface area (Å²) in [5, 5.41) is 9.77. The minimum absolute atomic E-state index is 0.474. The average molecular weight is 294 g/mol. The van der Waals surface area contributed by atoms with E-state index in [9.17, 15) is 13.5 Å². The highest BCUT2D eigenvalue weighted by Gasteiger charge is 2.27. The Morgan fingerprint density at radius 3 is 2.53 bits per heavy atom. The summed E-state index contributed by atoms with van der Waals surface area (Å²) in [6, 6.07) is 6.50. The van der Waals surface area contributed by atoms with Gasteiger partial charge in [-0.05, 0) is 17.7 Å². The molecule has 3 N–H and O–H groups in total. The van der Waals surface area contributed by atoms with E-state index in [0.717, 1.165) is 6.26 Å². The summed E-state index contributed by atoms with van der Waals surface area (Å²) in [4.78, 5) is 0. The van der Waals surface area contributed by atoms with Crippen LogP contribution < -0.4 is 5.73 Å². The van der Waals surface area contributed by atoms with Crippen LogP contribution in [-0.2, 0) is 9.84 Å². The summed E-state index contributed by atoms with van der Waals surface area (Å²) in [6.45, 7) is 0. The molecular weight excluding hydrogens is 282 g/mol. The number of alkyl halides is 1. The lowest BCUT2D eigenvalue weighted by atomic mass is 10.1. The highest BCUT2D eigenvalue weighted by molar-refractivity contribution is 9.11. The lowest BCUT2D eigenvalue weighted by Gasteiger charge is -2.16. The first-order valence-corrected chi connectivity index (χ1v) is 7.06. The van der Waals surface area contributed by atoms with Crippen molar-refractivity contribution in [1.29, 1.82) is 0 Å². The molecular formula is C9H12BrNO3S. The van der Waals surface area contributed by atoms with E-state index < -0.39 is 20.1 Å². The number of aliphatic hydroxyl groups is 1. The second-order valence-corrected chi connectivity index (χ2v) is 7.06. The molecule has 0 aromatic heterocycles. The van der Waals surface area contributed by atoms with E-state index in [-0.39, 0.29) is 0 Å². The third-order valence-electron chi connectivity index (χ3n) is 1.91. The number of anilines is 1. The van der Waals surface area contributed by atoms with Gasteiger partial charge in [0.2, 0.25) is 0 Å². The van der Waals surface area contributed by atoms with E-state index >= 15 is 0 Å². The first kappa shape index (κ1) is 12.5. The molecule has 0 spiro atoms. The second-order valence-electron chi connectivity index (χ2n) is 3.30. The molecule has 0 aliphatic carbocycles. The van der Waals surface area contributed by atoms with Crippen molar-refractivity contribution in [2.24, 2.45) is 0 Å². The van der Waals surface area contributed by atoms with Crippen molar-refractivity contribution in [1.82, 2.24) is 0 Å². The Kier molecular flexibility index (Phi) is 3.75. The molecule has 15 heavy (non-hydrogen) atoms. The molecule has 1 aromatic carbocycles. The number of nitrogens with two attached hydrogens (primary N) is 1. The van der Waals surface area contributed by atoms with Crippen LogP contribution in [0.3, 0.4) is 0 Å². The summed E-state index contributed by atoms with van der Waals surface area (Å²) in [6.07, 6.45) is -0.0643. The third kappa shape index (κ3) is 3.19. The summed E-state index contributed by atoms with van der Waals surface area (Å²) in [5.41, 5.74) is 6.49. The Morgan fingerprint density at radius 1 is 1.47 bits per heavy atom. The summed E-state index contributed by atoms with van der Waals surface area (Å²) >= 11 is 2.95. The molecule has 0 unspecified atom stereocenters. The predicted octanol–water partition coefficient (Wildman–Crippen LogP) is 1.07. The summed E-state index contributed by atoms with van der Waals surface area (Å²) < 4.78 is 21.4. The highest BCUT2D eigenvalue weighted by Crippen LogP contribution is 2.27. The van der Waals surface area contributed by atoms with E-state index in [2.05, 4.69) is 15.9 Å². The molecule has 1 rings (SSSR count). The molecule has 2 atom stereocenters. The minimum Gasteiger partial charge on any atom is -0.399 e. The molecule has 0 saturated carbocycles. The fourth-order valence-corrected chi connectivity index (χ4v) is 2.06. The first-order chi connectivity index (χ1) is 6.82. The Morgan fingerprint density at radius 2 is 2.07 bits per heavy atom. The van der Waals surface area contributed by atoms with Crippen molar-refractivity contribution in [3.63, 3.8) is 0 Å². The second kappa shape index (κ2) is 4.51. The van der Waals surface area contributed by atoms with Gasteiger partial charge in [0.1, 0.15) is 10.3 Å². The molecule has 4 nitrogen and oxygen atoms in total. The topological polar surface area (TPSA) is 80.4 Å². The molecule has 0 heterocycles. The molecule has 0 fully saturated rings. The number of nitrogen functional groups attached to an aromatic ring is 1. The molecule has 84 valence electrons. The average Bonchev–Trinajstić information content (AvgIpc) is 2.14. The number of halogens is 1. The Balaban J connectivity index is 3.00. The zero-order valence-electron chi connectivity index (χ0n) is 8.09. The Bertz CT molecular complexity index is 446. The van der Waals surface area contributed by atoms with E-state index in [4.69, 9.17) is 5.73 Å². The number of hydrogen-bond donors (Lipinski definition) is 2. The van der Waals surface area contributed by atoms with Crippen LogP contribution in [0.15, 0.2) is 24.3 Å². The molecule has 0 aliphatic rings. The van der Waals surface area contributed by atoms with Crippen molar-refractivity contribution in [3.05, 3.63) is 29.8 Å². The van der Waals surface area contributed by atoms with Crippen molar-refractivity contribution >= 4 is 31.5 Å². The fraction of sp³-hybridized carbons (Fsp3) is 0.333. The fourth-order valence-electron chi connectivity index (χ4n) is 1.13. The van der Waals surface area contributed by atoms with Crippen molar-refractivity contribution in [2.45, 2.75) is 10.3 Å². The molecule has 0 aliphatic heterocycles.